The van der Waals surface area contributed by atoms with E-state index in [-0.39, 0.29) is 29.7 Å². The molecule has 7 nitrogen and oxygen atoms in total. The van der Waals surface area contributed by atoms with Crippen molar-refractivity contribution in [1.82, 2.24) is 15.4 Å². The van der Waals surface area contributed by atoms with Crippen molar-refractivity contribution in [3.63, 3.8) is 0 Å². The van der Waals surface area contributed by atoms with Crippen molar-refractivity contribution in [2.24, 2.45) is 4.99 Å². The molecule has 1 aromatic heterocycles. The summed E-state index contributed by atoms with van der Waals surface area (Å²) in [5.74, 6) is 1.59. The molecule has 0 spiro atoms. The number of rotatable bonds is 9. The molecule has 0 unspecified atom stereocenters. The minimum Gasteiger partial charge on any atom is -0.467 e. The molecule has 0 saturated heterocycles. The highest BCUT2D eigenvalue weighted by Crippen LogP contribution is 2.00. The third-order valence-electron chi connectivity index (χ3n) is 2.67. The van der Waals surface area contributed by atoms with Gasteiger partial charge in [0.1, 0.15) is 12.3 Å². The van der Waals surface area contributed by atoms with Crippen LogP contribution in [0.25, 0.3) is 0 Å². The van der Waals surface area contributed by atoms with Crippen LogP contribution in [0, 0.1) is 0 Å². The van der Waals surface area contributed by atoms with E-state index in [4.69, 9.17) is 4.42 Å². The fraction of sp³-hybridized carbons (Fsp3) is 0.615. The Labute approximate surface area is 149 Å². The number of hydrogen-bond acceptors (Lipinski definition) is 4. The average molecular weight is 444 g/mol. The van der Waals surface area contributed by atoms with E-state index in [0.29, 0.717) is 32.0 Å². The van der Waals surface area contributed by atoms with Crippen LogP contribution < -0.4 is 15.4 Å². The van der Waals surface area contributed by atoms with E-state index in [0.717, 1.165) is 12.3 Å². The van der Waals surface area contributed by atoms with E-state index in [2.05, 4.69) is 20.3 Å². The zero-order valence-corrected chi connectivity index (χ0v) is 16.1. The van der Waals surface area contributed by atoms with E-state index >= 15 is 0 Å². The summed E-state index contributed by atoms with van der Waals surface area (Å²) in [5, 5.41) is 6.27. The number of sulfonamides is 1. The Balaban J connectivity index is 0.00000441. The predicted molar refractivity (Wildman–Crippen MR) is 99.0 cm³/mol. The molecule has 0 atom stereocenters. The van der Waals surface area contributed by atoms with Gasteiger partial charge in [-0.1, -0.05) is 0 Å². The number of hydrogen-bond donors (Lipinski definition) is 3. The first-order valence-electron chi connectivity index (χ1n) is 7.09. The Morgan fingerprint density at radius 2 is 2.05 bits per heavy atom. The van der Waals surface area contributed by atoms with E-state index in [1.54, 1.807) is 13.2 Å². The molecule has 0 aliphatic heterocycles. The Bertz CT molecular complexity index is 517. The van der Waals surface area contributed by atoms with Crippen molar-refractivity contribution >= 4 is 40.0 Å². The van der Waals surface area contributed by atoms with E-state index in [1.165, 1.54) is 0 Å². The maximum Gasteiger partial charge on any atom is 0.211 e. The second-order valence-corrected chi connectivity index (χ2v) is 6.45. The second kappa shape index (κ2) is 11.7. The molecule has 0 saturated carbocycles. The topological polar surface area (TPSA) is 95.7 Å². The molecule has 0 aliphatic rings. The van der Waals surface area contributed by atoms with Crippen LogP contribution in [0.4, 0.5) is 0 Å². The summed E-state index contributed by atoms with van der Waals surface area (Å²) in [4.78, 5) is 4.38. The quantitative estimate of drug-likeness (QED) is 0.231. The third-order valence-corrected chi connectivity index (χ3v) is 4.07. The highest BCUT2D eigenvalue weighted by atomic mass is 127. The van der Waals surface area contributed by atoms with Gasteiger partial charge in [-0.3, -0.25) is 0 Å². The summed E-state index contributed by atoms with van der Waals surface area (Å²) in [5.41, 5.74) is 0. The van der Waals surface area contributed by atoms with E-state index in [1.807, 2.05) is 19.1 Å². The molecule has 0 fully saturated rings. The fourth-order valence-corrected chi connectivity index (χ4v) is 2.19. The fourth-order valence-electron chi connectivity index (χ4n) is 1.53. The normalized spacial score (nSPS) is 11.8. The zero-order chi connectivity index (χ0) is 15.6. The molecule has 3 N–H and O–H groups in total. The lowest BCUT2D eigenvalue weighted by Crippen LogP contribution is -2.38. The first kappa shape index (κ1) is 21.2. The second-order valence-electron chi connectivity index (χ2n) is 4.35. The Kier molecular flexibility index (Phi) is 11.3. The molecular formula is C13H25IN4O3S. The summed E-state index contributed by atoms with van der Waals surface area (Å²) in [7, 11) is -3.11. The maximum atomic E-state index is 11.3. The average Bonchev–Trinajstić information content (AvgIpc) is 2.97. The van der Waals surface area contributed by atoms with Gasteiger partial charge >= 0.3 is 0 Å². The van der Waals surface area contributed by atoms with E-state index < -0.39 is 10.0 Å². The van der Waals surface area contributed by atoms with Gasteiger partial charge in [-0.25, -0.2) is 18.1 Å². The first-order valence-corrected chi connectivity index (χ1v) is 8.74. The largest absolute Gasteiger partial charge is 0.467 e. The molecule has 1 heterocycles. The van der Waals surface area contributed by atoms with E-state index in [9.17, 15) is 8.42 Å². The summed E-state index contributed by atoms with van der Waals surface area (Å²) in [6.45, 7) is 5.87. The van der Waals surface area contributed by atoms with Crippen molar-refractivity contribution in [1.29, 1.82) is 0 Å². The lowest BCUT2D eigenvalue weighted by molar-refractivity contribution is 0.512. The molecule has 9 heteroatoms. The number of halogens is 1. The Morgan fingerprint density at radius 3 is 2.64 bits per heavy atom. The van der Waals surface area contributed by atoms with Gasteiger partial charge in [0.25, 0.3) is 0 Å². The van der Waals surface area contributed by atoms with Gasteiger partial charge in [0.2, 0.25) is 10.0 Å². The van der Waals surface area contributed by atoms with Crippen LogP contribution in [0.15, 0.2) is 27.8 Å². The molecule has 0 aliphatic carbocycles. The lowest BCUT2D eigenvalue weighted by Gasteiger charge is -2.11. The van der Waals surface area contributed by atoms with Gasteiger partial charge in [0.15, 0.2) is 5.96 Å². The molecule has 1 rings (SSSR count). The third kappa shape index (κ3) is 9.26. The number of nitrogens with one attached hydrogen (secondary N) is 3. The predicted octanol–water partition coefficient (Wildman–Crippen LogP) is 1.28. The Hall–Kier alpha value is -0.810. The summed E-state index contributed by atoms with van der Waals surface area (Å²) in [6, 6.07) is 3.69. The minimum absolute atomic E-state index is 0. The number of nitrogens with zero attached hydrogens (tertiary/aromatic N) is 1. The minimum atomic E-state index is -3.11. The van der Waals surface area contributed by atoms with Crippen molar-refractivity contribution < 1.29 is 12.8 Å². The standard InChI is InChI=1S/C13H24N4O3S.HI/c1-3-14-13(16-11-12-7-5-10-20-12)15-8-6-9-17-21(18,19)4-2;/h5,7,10,17H,3-4,6,8-9,11H2,1-2H3,(H2,14,15,16);1H. The van der Waals surface area contributed by atoms with Gasteiger partial charge in [-0.05, 0) is 32.4 Å². The summed E-state index contributed by atoms with van der Waals surface area (Å²) >= 11 is 0. The SMILES string of the molecule is CCNC(=NCc1ccco1)NCCCNS(=O)(=O)CC.I. The Morgan fingerprint density at radius 1 is 1.27 bits per heavy atom. The van der Waals surface area contributed by atoms with Crippen molar-refractivity contribution in [2.75, 3.05) is 25.4 Å². The van der Waals surface area contributed by atoms with Crippen LogP contribution in [-0.2, 0) is 16.6 Å². The monoisotopic (exact) mass is 444 g/mol. The molecule has 1 aromatic rings. The van der Waals surface area contributed by atoms with Crippen molar-refractivity contribution in [3.05, 3.63) is 24.2 Å². The van der Waals surface area contributed by atoms with Crippen LogP contribution in [-0.4, -0.2) is 39.8 Å². The van der Waals surface area contributed by atoms with Gasteiger partial charge in [-0.2, -0.15) is 0 Å². The molecule has 0 radical (unpaired) electrons. The number of guanidine groups is 1. The number of aliphatic imine (C=N–C) groups is 1. The van der Waals surface area contributed by atoms with Crippen LogP contribution in [0.5, 0.6) is 0 Å². The van der Waals surface area contributed by atoms with Gasteiger partial charge in [0, 0.05) is 19.6 Å². The first-order chi connectivity index (χ1) is 10.1. The molecule has 0 bridgehead atoms. The van der Waals surface area contributed by atoms with Gasteiger partial charge in [0.05, 0.1) is 12.0 Å². The molecule has 0 amide bonds. The van der Waals surface area contributed by atoms with Crippen LogP contribution in [0.2, 0.25) is 0 Å². The van der Waals surface area contributed by atoms with Gasteiger partial charge < -0.3 is 15.1 Å². The molecule has 0 aromatic carbocycles. The molecule has 128 valence electrons. The van der Waals surface area contributed by atoms with Crippen molar-refractivity contribution in [3.8, 4) is 0 Å². The molecular weight excluding hydrogens is 419 g/mol. The summed E-state index contributed by atoms with van der Waals surface area (Å²) in [6.07, 6.45) is 2.30. The van der Waals surface area contributed by atoms with Crippen LogP contribution >= 0.6 is 24.0 Å². The van der Waals surface area contributed by atoms with Gasteiger partial charge in [-0.15, -0.1) is 24.0 Å². The summed E-state index contributed by atoms with van der Waals surface area (Å²) < 4.78 is 30.3. The maximum absolute atomic E-state index is 11.3. The highest BCUT2D eigenvalue weighted by molar-refractivity contribution is 14.0. The lowest BCUT2D eigenvalue weighted by atomic mass is 10.4. The number of furan rings is 1. The molecule has 22 heavy (non-hydrogen) atoms. The van der Waals surface area contributed by atoms with Crippen molar-refractivity contribution in [2.45, 2.75) is 26.8 Å². The smallest absolute Gasteiger partial charge is 0.211 e. The van der Waals surface area contributed by atoms with Crippen LogP contribution in [0.3, 0.4) is 0 Å². The van der Waals surface area contributed by atoms with Crippen LogP contribution in [0.1, 0.15) is 26.0 Å². The highest BCUT2D eigenvalue weighted by Gasteiger charge is 2.04. The zero-order valence-electron chi connectivity index (χ0n) is 13.0.